The van der Waals surface area contributed by atoms with E-state index in [1.807, 2.05) is 0 Å². The van der Waals surface area contributed by atoms with Crippen LogP contribution in [0.4, 0.5) is 4.79 Å². The van der Waals surface area contributed by atoms with Crippen LogP contribution in [-0.2, 0) is 4.39 Å². The van der Waals surface area contributed by atoms with Gasteiger partial charge in [0.15, 0.2) is 11.9 Å². The van der Waals surface area contributed by atoms with Crippen molar-refractivity contribution < 1.29 is 14.3 Å². The molecule has 0 radical (unpaired) electrons. The van der Waals surface area contributed by atoms with Crippen molar-refractivity contribution in [3.05, 3.63) is 0 Å². The molecule has 0 unspecified atom stereocenters. The van der Waals surface area contributed by atoms with Gasteiger partial charge in [-0.2, -0.15) is 0 Å². The van der Waals surface area contributed by atoms with E-state index in [9.17, 15) is 4.79 Å². The fraction of sp³-hybridized carbons (Fsp3) is 0.667. The number of hydrogen-bond acceptors (Lipinski definition) is 3. The number of amides is 1. The Morgan fingerprint density at radius 1 is 1.83 bits per heavy atom. The molecule has 0 aromatic heterocycles. The SMILES string of the molecule is O=C(O)N1CCC[C@@H]1/C=N\OCl. The van der Waals surface area contributed by atoms with Crippen molar-refractivity contribution in [1.29, 1.82) is 0 Å². The monoisotopic (exact) mass is 192 g/mol. The molecule has 1 aliphatic heterocycles. The Kier molecular flexibility index (Phi) is 3.16. The van der Waals surface area contributed by atoms with Gasteiger partial charge in [-0.15, -0.1) is 0 Å². The largest absolute Gasteiger partial charge is 0.465 e. The van der Waals surface area contributed by atoms with Crippen LogP contribution in [0.2, 0.25) is 0 Å². The maximum absolute atomic E-state index is 10.6. The smallest absolute Gasteiger partial charge is 0.407 e. The summed E-state index contributed by atoms with van der Waals surface area (Å²) in [7, 11) is 0. The number of hydrogen-bond donors (Lipinski definition) is 1. The predicted molar refractivity (Wildman–Crippen MR) is 43.2 cm³/mol. The molecule has 6 heteroatoms. The molecule has 1 aliphatic rings. The van der Waals surface area contributed by atoms with Gasteiger partial charge in [0, 0.05) is 6.54 Å². The molecule has 5 nitrogen and oxygen atoms in total. The molecular formula is C6H9ClN2O3. The Bertz CT molecular complexity index is 197. The van der Waals surface area contributed by atoms with Gasteiger partial charge in [0.05, 0.1) is 12.3 Å². The zero-order valence-electron chi connectivity index (χ0n) is 6.31. The second-order valence-corrected chi connectivity index (χ2v) is 2.65. The first-order chi connectivity index (χ1) is 5.75. The van der Waals surface area contributed by atoms with Gasteiger partial charge >= 0.3 is 6.09 Å². The third-order valence-corrected chi connectivity index (χ3v) is 1.90. The van der Waals surface area contributed by atoms with Gasteiger partial charge in [0.1, 0.15) is 0 Å². The maximum Gasteiger partial charge on any atom is 0.407 e. The minimum Gasteiger partial charge on any atom is -0.465 e. The first kappa shape index (κ1) is 9.12. The van der Waals surface area contributed by atoms with Crippen LogP contribution >= 0.6 is 11.9 Å². The molecule has 1 N–H and O–H groups in total. The minimum absolute atomic E-state index is 0.193. The van der Waals surface area contributed by atoms with Crippen LogP contribution in [0, 0.1) is 0 Å². The summed E-state index contributed by atoms with van der Waals surface area (Å²) in [4.78, 5) is 11.9. The van der Waals surface area contributed by atoms with Crippen LogP contribution < -0.4 is 0 Å². The van der Waals surface area contributed by atoms with Gasteiger partial charge in [0.2, 0.25) is 0 Å². The quantitative estimate of drug-likeness (QED) is 0.530. The summed E-state index contributed by atoms with van der Waals surface area (Å²) in [6.45, 7) is 0.550. The average molecular weight is 193 g/mol. The van der Waals surface area contributed by atoms with E-state index in [-0.39, 0.29) is 6.04 Å². The van der Waals surface area contributed by atoms with Crippen LogP contribution in [-0.4, -0.2) is 34.9 Å². The van der Waals surface area contributed by atoms with Crippen molar-refractivity contribution in [1.82, 2.24) is 4.90 Å². The first-order valence-electron chi connectivity index (χ1n) is 3.56. The van der Waals surface area contributed by atoms with Gasteiger partial charge in [-0.1, -0.05) is 5.16 Å². The Morgan fingerprint density at radius 2 is 2.58 bits per heavy atom. The van der Waals surface area contributed by atoms with E-state index in [0.717, 1.165) is 12.8 Å². The van der Waals surface area contributed by atoms with Crippen LogP contribution in [0.15, 0.2) is 5.16 Å². The van der Waals surface area contributed by atoms with Crippen LogP contribution in [0.3, 0.4) is 0 Å². The van der Waals surface area contributed by atoms with E-state index in [2.05, 4.69) is 9.55 Å². The molecule has 1 fully saturated rings. The van der Waals surface area contributed by atoms with E-state index in [1.54, 1.807) is 0 Å². The molecule has 12 heavy (non-hydrogen) atoms. The molecule has 1 rings (SSSR count). The van der Waals surface area contributed by atoms with Crippen molar-refractivity contribution in [3.8, 4) is 0 Å². The van der Waals surface area contributed by atoms with Crippen LogP contribution in [0.25, 0.3) is 0 Å². The maximum atomic E-state index is 10.6. The van der Waals surface area contributed by atoms with Crippen molar-refractivity contribution in [3.63, 3.8) is 0 Å². The van der Waals surface area contributed by atoms with E-state index in [4.69, 9.17) is 17.0 Å². The molecule has 68 valence electrons. The summed E-state index contributed by atoms with van der Waals surface area (Å²) >= 11 is 4.84. The van der Waals surface area contributed by atoms with E-state index < -0.39 is 6.09 Å². The molecule has 0 spiro atoms. The standard InChI is InChI=1S/C6H9ClN2O3/c7-12-8-4-5-2-1-3-9(5)6(10)11/h4-5H,1-3H2,(H,10,11)/b8-4-/t5-/m1/s1. The third kappa shape index (κ3) is 2.01. The number of rotatable bonds is 2. The fourth-order valence-electron chi connectivity index (χ4n) is 1.28. The molecule has 1 atom stereocenters. The zero-order valence-corrected chi connectivity index (χ0v) is 7.07. The lowest BCUT2D eigenvalue weighted by Crippen LogP contribution is -2.35. The zero-order chi connectivity index (χ0) is 8.97. The van der Waals surface area contributed by atoms with Gasteiger partial charge in [-0.3, -0.25) is 4.39 Å². The fourth-order valence-corrected chi connectivity index (χ4v) is 1.32. The topological polar surface area (TPSA) is 62.1 Å². The molecule has 0 saturated carbocycles. The highest BCUT2D eigenvalue weighted by atomic mass is 35.5. The molecule has 0 aliphatic carbocycles. The number of carboxylic acid groups (broad SMARTS) is 1. The second-order valence-electron chi connectivity index (χ2n) is 2.51. The Hall–Kier alpha value is -0.970. The lowest BCUT2D eigenvalue weighted by molar-refractivity contribution is 0.150. The summed E-state index contributed by atoms with van der Waals surface area (Å²) in [5, 5.41) is 12.0. The second kappa shape index (κ2) is 4.15. The molecule has 1 saturated heterocycles. The van der Waals surface area contributed by atoms with E-state index in [1.165, 1.54) is 11.1 Å². The number of nitrogens with zero attached hydrogens (tertiary/aromatic N) is 2. The first-order valence-corrected chi connectivity index (χ1v) is 3.87. The lowest BCUT2D eigenvalue weighted by atomic mass is 10.2. The summed E-state index contributed by atoms with van der Waals surface area (Å²) < 4.78 is 3.95. The summed E-state index contributed by atoms with van der Waals surface area (Å²) in [6.07, 6.45) is 2.09. The van der Waals surface area contributed by atoms with E-state index >= 15 is 0 Å². The van der Waals surface area contributed by atoms with E-state index in [0.29, 0.717) is 6.54 Å². The van der Waals surface area contributed by atoms with Crippen LogP contribution in [0.1, 0.15) is 12.8 Å². The highest BCUT2D eigenvalue weighted by molar-refractivity contribution is 6.07. The molecule has 0 bridgehead atoms. The Balaban J connectivity index is 2.52. The molecule has 1 heterocycles. The van der Waals surface area contributed by atoms with Crippen molar-refractivity contribution in [2.24, 2.45) is 5.16 Å². The summed E-state index contributed by atoms with van der Waals surface area (Å²) in [5.74, 6) is 0. The number of halogens is 1. The van der Waals surface area contributed by atoms with Gasteiger partial charge in [-0.05, 0) is 12.8 Å². The third-order valence-electron chi connectivity index (χ3n) is 1.82. The van der Waals surface area contributed by atoms with Crippen molar-refractivity contribution in [2.75, 3.05) is 6.54 Å². The Morgan fingerprint density at radius 3 is 3.17 bits per heavy atom. The van der Waals surface area contributed by atoms with Gasteiger partial charge in [0.25, 0.3) is 0 Å². The molecule has 0 aromatic carbocycles. The van der Waals surface area contributed by atoms with Gasteiger partial charge < -0.3 is 10.0 Å². The molecule has 1 amide bonds. The van der Waals surface area contributed by atoms with Gasteiger partial charge in [-0.25, -0.2) is 4.79 Å². The number of oxime groups is 1. The summed E-state index contributed by atoms with van der Waals surface area (Å²) in [6, 6.07) is -0.193. The average Bonchev–Trinajstić information content (AvgIpc) is 2.48. The number of carbonyl (C=O) groups is 1. The highest BCUT2D eigenvalue weighted by Crippen LogP contribution is 2.15. The minimum atomic E-state index is -0.932. The predicted octanol–water partition coefficient (Wildman–Crippen LogP) is 1.29. The molecule has 0 aromatic rings. The van der Waals surface area contributed by atoms with Crippen molar-refractivity contribution >= 4 is 24.2 Å². The van der Waals surface area contributed by atoms with Crippen molar-refractivity contribution in [2.45, 2.75) is 18.9 Å². The Labute approximate surface area is 74.7 Å². The number of likely N-dealkylation sites (tertiary alicyclic amines) is 1. The van der Waals surface area contributed by atoms with Crippen LogP contribution in [0.5, 0.6) is 0 Å². The highest BCUT2D eigenvalue weighted by Gasteiger charge is 2.26. The summed E-state index contributed by atoms with van der Waals surface area (Å²) in [5.41, 5.74) is 0. The lowest BCUT2D eigenvalue weighted by Gasteiger charge is -2.16. The normalized spacial score (nSPS) is 23.4. The molecular weight excluding hydrogens is 184 g/mol.